The van der Waals surface area contributed by atoms with E-state index in [4.69, 9.17) is 0 Å². The highest BCUT2D eigenvalue weighted by Crippen LogP contribution is 2.06. The van der Waals surface area contributed by atoms with E-state index in [1.807, 2.05) is 13.8 Å². The van der Waals surface area contributed by atoms with Crippen molar-refractivity contribution < 1.29 is 9.35 Å². The number of allylic oxidation sites excluding steroid dienone is 2. The second kappa shape index (κ2) is 6.26. The van der Waals surface area contributed by atoms with Gasteiger partial charge in [0.25, 0.3) is 0 Å². The standard InChI is InChI=1S/C9H16O2S/c1-4-12(11)9(3)7-5-6-8(2)10/h5-6,9H,4,7H2,1-3H3. The van der Waals surface area contributed by atoms with Crippen LogP contribution in [0.1, 0.15) is 27.2 Å². The van der Waals surface area contributed by atoms with Gasteiger partial charge >= 0.3 is 0 Å². The molecule has 2 atom stereocenters. The molecule has 0 aliphatic rings. The quantitative estimate of drug-likeness (QED) is 0.486. The molecule has 2 nitrogen and oxygen atoms in total. The summed E-state index contributed by atoms with van der Waals surface area (Å²) in [5.74, 6) is 0.735. The highest BCUT2D eigenvalue weighted by molar-refractivity contribution is 7.91. The molecule has 0 aromatic rings. The normalized spacial score (nSPS) is 16.3. The first kappa shape index (κ1) is 11.7. The second-order valence-electron chi connectivity index (χ2n) is 2.73. The summed E-state index contributed by atoms with van der Waals surface area (Å²) in [5.41, 5.74) is 0. The Kier molecular flexibility index (Phi) is 6.11. The predicted octanol–water partition coefficient (Wildman–Crippen LogP) is 1.68. The lowest BCUT2D eigenvalue weighted by molar-refractivity contribution is -0.112. The van der Waals surface area contributed by atoms with Crippen LogP contribution in [0.25, 0.3) is 0 Å². The molecule has 12 heavy (non-hydrogen) atoms. The summed E-state index contributed by atoms with van der Waals surface area (Å²) in [6.07, 6.45) is 4.05. The maximum atomic E-state index is 11.2. The Morgan fingerprint density at radius 1 is 1.67 bits per heavy atom. The molecular weight excluding hydrogens is 172 g/mol. The summed E-state index contributed by atoms with van der Waals surface area (Å²) in [4.78, 5) is 10.5. The van der Waals surface area contributed by atoms with Gasteiger partial charge in [-0.05, 0) is 26.8 Å². The molecule has 0 aliphatic carbocycles. The van der Waals surface area contributed by atoms with Gasteiger partial charge in [-0.25, -0.2) is 0 Å². The highest BCUT2D eigenvalue weighted by atomic mass is 32.2. The molecule has 0 N–H and O–H groups in total. The third-order valence-corrected chi connectivity index (χ3v) is 3.21. The van der Waals surface area contributed by atoms with E-state index in [0.717, 1.165) is 6.42 Å². The zero-order valence-corrected chi connectivity index (χ0v) is 8.69. The van der Waals surface area contributed by atoms with Gasteiger partial charge in [-0.2, -0.15) is 0 Å². The Balaban J connectivity index is 3.70. The first-order chi connectivity index (χ1) is 5.57. The van der Waals surface area contributed by atoms with Crippen molar-refractivity contribution in [3.8, 4) is 0 Å². The summed E-state index contributed by atoms with van der Waals surface area (Å²) >= 11 is -0.749. The summed E-state index contributed by atoms with van der Waals surface area (Å²) in [5, 5.41) is 0.158. The molecule has 0 bridgehead atoms. The van der Waals surface area contributed by atoms with Crippen molar-refractivity contribution in [1.29, 1.82) is 0 Å². The molecule has 0 aromatic carbocycles. The lowest BCUT2D eigenvalue weighted by Gasteiger charge is -2.14. The van der Waals surface area contributed by atoms with E-state index >= 15 is 0 Å². The lowest BCUT2D eigenvalue weighted by atomic mass is 10.3. The maximum absolute atomic E-state index is 11.2. The molecule has 3 heteroatoms. The molecule has 0 aromatic heterocycles. The SMILES string of the molecule is CC[S+]([O-])C(C)CC=CC(C)=O. The Bertz CT molecular complexity index is 166. The molecule has 0 saturated heterocycles. The van der Waals surface area contributed by atoms with E-state index in [1.54, 1.807) is 6.08 Å². The third-order valence-electron chi connectivity index (χ3n) is 1.55. The van der Waals surface area contributed by atoms with Crippen LogP contribution in [-0.4, -0.2) is 21.3 Å². The fraction of sp³-hybridized carbons (Fsp3) is 0.667. The number of hydrogen-bond donors (Lipinski definition) is 0. The van der Waals surface area contributed by atoms with Crippen LogP contribution >= 0.6 is 0 Å². The van der Waals surface area contributed by atoms with Crippen molar-refractivity contribution in [2.24, 2.45) is 0 Å². The van der Waals surface area contributed by atoms with Crippen molar-refractivity contribution in [2.45, 2.75) is 32.4 Å². The Morgan fingerprint density at radius 3 is 2.67 bits per heavy atom. The molecule has 0 spiro atoms. The smallest absolute Gasteiger partial charge is 0.152 e. The molecule has 0 heterocycles. The first-order valence-corrected chi connectivity index (χ1v) is 5.50. The average molecular weight is 188 g/mol. The topological polar surface area (TPSA) is 40.1 Å². The van der Waals surface area contributed by atoms with Crippen LogP contribution in [0, 0.1) is 0 Å². The third kappa shape index (κ3) is 5.38. The maximum Gasteiger partial charge on any atom is 0.152 e. The molecule has 70 valence electrons. The van der Waals surface area contributed by atoms with Crippen molar-refractivity contribution in [1.82, 2.24) is 0 Å². The van der Waals surface area contributed by atoms with Crippen LogP contribution in [0.15, 0.2) is 12.2 Å². The fourth-order valence-corrected chi connectivity index (χ4v) is 1.71. The molecule has 2 unspecified atom stereocenters. The Hall–Kier alpha value is -0.280. The van der Waals surface area contributed by atoms with Gasteiger partial charge in [-0.1, -0.05) is 17.3 Å². The average Bonchev–Trinajstić information content (AvgIpc) is 2.02. The van der Waals surface area contributed by atoms with Gasteiger partial charge in [0.15, 0.2) is 5.78 Å². The number of carbonyl (C=O) groups is 1. The molecular formula is C9H16O2S. The van der Waals surface area contributed by atoms with Crippen molar-refractivity contribution >= 4 is 17.0 Å². The molecule has 0 fully saturated rings. The minimum Gasteiger partial charge on any atom is -0.616 e. The summed E-state index contributed by atoms with van der Waals surface area (Å²) in [7, 11) is 0. The van der Waals surface area contributed by atoms with Crippen LogP contribution < -0.4 is 0 Å². The van der Waals surface area contributed by atoms with E-state index in [1.165, 1.54) is 13.0 Å². The monoisotopic (exact) mass is 188 g/mol. The van der Waals surface area contributed by atoms with Gasteiger partial charge in [-0.3, -0.25) is 4.79 Å². The van der Waals surface area contributed by atoms with Gasteiger partial charge in [0.2, 0.25) is 0 Å². The summed E-state index contributed by atoms with van der Waals surface area (Å²) < 4.78 is 11.2. The molecule has 0 saturated carbocycles. The van der Waals surface area contributed by atoms with Crippen molar-refractivity contribution in [3.63, 3.8) is 0 Å². The zero-order chi connectivity index (χ0) is 9.56. The van der Waals surface area contributed by atoms with E-state index in [9.17, 15) is 9.35 Å². The largest absolute Gasteiger partial charge is 0.616 e. The van der Waals surface area contributed by atoms with Gasteiger partial charge in [0.1, 0.15) is 11.0 Å². The van der Waals surface area contributed by atoms with Gasteiger partial charge in [0, 0.05) is 6.42 Å². The van der Waals surface area contributed by atoms with Crippen LogP contribution in [0.2, 0.25) is 0 Å². The molecule has 0 aliphatic heterocycles. The highest BCUT2D eigenvalue weighted by Gasteiger charge is 2.11. The number of rotatable bonds is 5. The van der Waals surface area contributed by atoms with Crippen LogP contribution in [-0.2, 0) is 16.0 Å². The summed E-state index contributed by atoms with van der Waals surface area (Å²) in [6, 6.07) is 0. The van der Waals surface area contributed by atoms with Gasteiger partial charge in [0.05, 0.1) is 0 Å². The van der Waals surface area contributed by atoms with E-state index in [-0.39, 0.29) is 11.0 Å². The van der Waals surface area contributed by atoms with Crippen LogP contribution in [0.3, 0.4) is 0 Å². The molecule has 0 rings (SSSR count). The van der Waals surface area contributed by atoms with Crippen LogP contribution in [0.5, 0.6) is 0 Å². The van der Waals surface area contributed by atoms with Crippen LogP contribution in [0.4, 0.5) is 0 Å². The second-order valence-corrected chi connectivity index (χ2v) is 4.87. The fourth-order valence-electron chi connectivity index (χ4n) is 0.817. The van der Waals surface area contributed by atoms with Crippen molar-refractivity contribution in [3.05, 3.63) is 12.2 Å². The Morgan fingerprint density at radius 2 is 2.25 bits per heavy atom. The van der Waals surface area contributed by atoms with Gasteiger partial charge < -0.3 is 4.55 Å². The van der Waals surface area contributed by atoms with Gasteiger partial charge in [-0.15, -0.1) is 0 Å². The lowest BCUT2D eigenvalue weighted by Crippen LogP contribution is -2.18. The minimum absolute atomic E-state index is 0.0458. The zero-order valence-electron chi connectivity index (χ0n) is 7.87. The van der Waals surface area contributed by atoms with Crippen molar-refractivity contribution in [2.75, 3.05) is 5.75 Å². The Labute approximate surface area is 77.2 Å². The first-order valence-electron chi connectivity index (χ1n) is 4.12. The van der Waals surface area contributed by atoms with E-state index < -0.39 is 11.2 Å². The number of ketones is 1. The molecule has 0 amide bonds. The summed E-state index contributed by atoms with van der Waals surface area (Å²) in [6.45, 7) is 5.35. The van der Waals surface area contributed by atoms with E-state index in [0.29, 0.717) is 5.75 Å². The number of hydrogen-bond acceptors (Lipinski definition) is 2. The number of carbonyl (C=O) groups excluding carboxylic acids is 1. The minimum atomic E-state index is -0.749. The molecule has 0 radical (unpaired) electrons. The predicted molar refractivity (Wildman–Crippen MR) is 52.6 cm³/mol. The van der Waals surface area contributed by atoms with E-state index in [2.05, 4.69) is 0 Å².